The highest BCUT2D eigenvalue weighted by Gasteiger charge is 2.29. The molecule has 0 aliphatic heterocycles. The maximum absolute atomic E-state index is 12.2. The van der Waals surface area contributed by atoms with Crippen LogP contribution in [0.5, 0.6) is 0 Å². The van der Waals surface area contributed by atoms with Gasteiger partial charge in [0.1, 0.15) is 4.90 Å². The molecule has 1 fully saturated rings. The van der Waals surface area contributed by atoms with Gasteiger partial charge in [-0.3, -0.25) is 4.98 Å². The van der Waals surface area contributed by atoms with E-state index in [1.807, 2.05) is 0 Å². The van der Waals surface area contributed by atoms with E-state index in [0.717, 1.165) is 25.7 Å². The molecule has 1 heterocycles. The van der Waals surface area contributed by atoms with Crippen molar-refractivity contribution in [2.45, 2.75) is 36.6 Å². The first-order chi connectivity index (χ1) is 7.62. The summed E-state index contributed by atoms with van der Waals surface area (Å²) in [4.78, 5) is 4.14. The fraction of sp³-hybridized carbons (Fsp3) is 0.545. The van der Waals surface area contributed by atoms with Crippen LogP contribution in [0.4, 0.5) is 0 Å². The summed E-state index contributed by atoms with van der Waals surface area (Å²) in [6.07, 6.45) is 7.16. The van der Waals surface area contributed by atoms with Crippen LogP contribution in [0.25, 0.3) is 0 Å². The topological polar surface area (TPSA) is 50.3 Å². The van der Waals surface area contributed by atoms with E-state index in [9.17, 15) is 8.42 Å². The standard InChI is InChI=1S/C11H16N2O2S/c1-13(10-5-2-3-6-10)16(14,15)11-7-4-8-12-9-11/h4,7-10H,2-3,5-6H2,1H3. The molecule has 4 nitrogen and oxygen atoms in total. The quantitative estimate of drug-likeness (QED) is 0.807. The zero-order valence-electron chi connectivity index (χ0n) is 9.33. The molecule has 2 rings (SSSR count). The molecule has 1 aromatic rings. The highest BCUT2D eigenvalue weighted by atomic mass is 32.2. The van der Waals surface area contributed by atoms with Gasteiger partial charge in [0.15, 0.2) is 0 Å². The summed E-state index contributed by atoms with van der Waals surface area (Å²) in [6.45, 7) is 0. The Morgan fingerprint density at radius 1 is 1.38 bits per heavy atom. The average Bonchev–Trinajstić information content (AvgIpc) is 2.82. The Hall–Kier alpha value is -0.940. The van der Waals surface area contributed by atoms with Crippen LogP contribution < -0.4 is 0 Å². The minimum absolute atomic E-state index is 0.158. The number of pyridine rings is 1. The smallest absolute Gasteiger partial charge is 0.244 e. The van der Waals surface area contributed by atoms with Crippen LogP contribution in [0.15, 0.2) is 29.4 Å². The highest BCUT2D eigenvalue weighted by Crippen LogP contribution is 2.26. The number of sulfonamides is 1. The first-order valence-corrected chi connectivity index (χ1v) is 6.94. The Morgan fingerprint density at radius 2 is 2.06 bits per heavy atom. The summed E-state index contributed by atoms with van der Waals surface area (Å²) in [6, 6.07) is 3.40. The van der Waals surface area contributed by atoms with Gasteiger partial charge in [0.05, 0.1) is 0 Å². The van der Waals surface area contributed by atoms with Crippen molar-refractivity contribution in [3.05, 3.63) is 24.5 Å². The monoisotopic (exact) mass is 240 g/mol. The van der Waals surface area contributed by atoms with Gasteiger partial charge in [-0.05, 0) is 25.0 Å². The van der Waals surface area contributed by atoms with Crippen LogP contribution in [0.2, 0.25) is 0 Å². The Balaban J connectivity index is 2.25. The normalized spacial score (nSPS) is 18.1. The molecule has 0 radical (unpaired) electrons. The first-order valence-electron chi connectivity index (χ1n) is 5.50. The maximum atomic E-state index is 12.2. The zero-order valence-corrected chi connectivity index (χ0v) is 10.2. The third kappa shape index (κ3) is 2.10. The molecule has 88 valence electrons. The lowest BCUT2D eigenvalue weighted by Gasteiger charge is -2.23. The van der Waals surface area contributed by atoms with E-state index < -0.39 is 10.0 Å². The first kappa shape index (κ1) is 11.5. The van der Waals surface area contributed by atoms with Gasteiger partial charge < -0.3 is 0 Å². The van der Waals surface area contributed by atoms with E-state index >= 15 is 0 Å². The van der Waals surface area contributed by atoms with Gasteiger partial charge in [0.2, 0.25) is 10.0 Å². The van der Waals surface area contributed by atoms with E-state index in [1.165, 1.54) is 10.5 Å². The summed E-state index contributed by atoms with van der Waals surface area (Å²) in [5.41, 5.74) is 0. The highest BCUT2D eigenvalue weighted by molar-refractivity contribution is 7.89. The van der Waals surface area contributed by atoms with Crippen molar-refractivity contribution in [2.75, 3.05) is 7.05 Å². The lowest BCUT2D eigenvalue weighted by atomic mass is 10.3. The van der Waals surface area contributed by atoms with Crippen LogP contribution in [-0.2, 0) is 10.0 Å². The van der Waals surface area contributed by atoms with E-state index in [1.54, 1.807) is 25.4 Å². The van der Waals surface area contributed by atoms with Gasteiger partial charge in [-0.2, -0.15) is 4.31 Å². The van der Waals surface area contributed by atoms with Crippen molar-refractivity contribution in [1.82, 2.24) is 9.29 Å². The summed E-state index contributed by atoms with van der Waals surface area (Å²) in [5.74, 6) is 0. The van der Waals surface area contributed by atoms with Crippen molar-refractivity contribution in [1.29, 1.82) is 0 Å². The third-order valence-electron chi connectivity index (χ3n) is 3.15. The van der Waals surface area contributed by atoms with Crippen molar-refractivity contribution in [3.8, 4) is 0 Å². The van der Waals surface area contributed by atoms with Gasteiger partial charge in [0, 0.05) is 25.5 Å². The summed E-state index contributed by atoms with van der Waals surface area (Å²) in [7, 11) is -1.69. The fourth-order valence-electron chi connectivity index (χ4n) is 2.13. The molecule has 0 bridgehead atoms. The molecule has 0 aromatic carbocycles. The number of aromatic nitrogens is 1. The Morgan fingerprint density at radius 3 is 2.62 bits per heavy atom. The SMILES string of the molecule is CN(C1CCCC1)S(=O)(=O)c1cccnc1. The molecule has 1 saturated carbocycles. The lowest BCUT2D eigenvalue weighted by molar-refractivity contribution is 0.373. The molecule has 16 heavy (non-hydrogen) atoms. The van der Waals surface area contributed by atoms with Crippen LogP contribution in [0, 0.1) is 0 Å². The summed E-state index contributed by atoms with van der Waals surface area (Å²) in [5, 5.41) is 0. The Labute approximate surface area is 96.4 Å². The van der Waals surface area contributed by atoms with Crippen molar-refractivity contribution in [2.24, 2.45) is 0 Å². The van der Waals surface area contributed by atoms with E-state index in [4.69, 9.17) is 0 Å². The predicted molar refractivity (Wildman–Crippen MR) is 61.4 cm³/mol. The molecule has 0 spiro atoms. The minimum atomic E-state index is -3.35. The largest absolute Gasteiger partial charge is 0.263 e. The van der Waals surface area contributed by atoms with Crippen molar-refractivity contribution in [3.63, 3.8) is 0 Å². The van der Waals surface area contributed by atoms with Gasteiger partial charge >= 0.3 is 0 Å². The van der Waals surface area contributed by atoms with Crippen LogP contribution in [0.3, 0.4) is 0 Å². The second kappa shape index (κ2) is 4.51. The lowest BCUT2D eigenvalue weighted by Crippen LogP contribution is -2.35. The number of rotatable bonds is 3. The summed E-state index contributed by atoms with van der Waals surface area (Å²) >= 11 is 0. The molecule has 1 aliphatic rings. The molecule has 0 saturated heterocycles. The van der Waals surface area contributed by atoms with Gasteiger partial charge in [0.25, 0.3) is 0 Å². The second-order valence-electron chi connectivity index (χ2n) is 4.15. The molecule has 0 unspecified atom stereocenters. The van der Waals surface area contributed by atoms with Crippen molar-refractivity contribution >= 4 is 10.0 Å². The van der Waals surface area contributed by atoms with Gasteiger partial charge in [-0.15, -0.1) is 0 Å². The molecule has 5 heteroatoms. The third-order valence-corrected chi connectivity index (χ3v) is 5.04. The Kier molecular flexibility index (Phi) is 3.25. The van der Waals surface area contributed by atoms with Crippen LogP contribution >= 0.6 is 0 Å². The zero-order chi connectivity index (χ0) is 11.6. The predicted octanol–water partition coefficient (Wildman–Crippen LogP) is 1.64. The van der Waals surface area contributed by atoms with Crippen molar-refractivity contribution < 1.29 is 8.42 Å². The molecule has 1 aliphatic carbocycles. The molecule has 0 atom stereocenters. The number of hydrogen-bond donors (Lipinski definition) is 0. The Bertz CT molecular complexity index is 438. The number of hydrogen-bond acceptors (Lipinski definition) is 3. The van der Waals surface area contributed by atoms with Gasteiger partial charge in [-0.1, -0.05) is 12.8 Å². The fourth-order valence-corrected chi connectivity index (χ4v) is 3.51. The van der Waals surface area contributed by atoms with Crippen LogP contribution in [0.1, 0.15) is 25.7 Å². The molecular weight excluding hydrogens is 224 g/mol. The minimum Gasteiger partial charge on any atom is -0.263 e. The average molecular weight is 240 g/mol. The van der Waals surface area contributed by atoms with Crippen LogP contribution in [-0.4, -0.2) is 30.8 Å². The van der Waals surface area contributed by atoms with E-state index in [0.29, 0.717) is 0 Å². The molecule has 0 amide bonds. The number of nitrogens with zero attached hydrogens (tertiary/aromatic N) is 2. The molecule has 1 aromatic heterocycles. The van der Waals surface area contributed by atoms with E-state index in [-0.39, 0.29) is 10.9 Å². The molecular formula is C11H16N2O2S. The molecule has 0 N–H and O–H groups in total. The second-order valence-corrected chi connectivity index (χ2v) is 6.15. The van der Waals surface area contributed by atoms with E-state index in [2.05, 4.69) is 4.98 Å². The maximum Gasteiger partial charge on any atom is 0.244 e. The summed E-state index contributed by atoms with van der Waals surface area (Å²) < 4.78 is 25.9. The van der Waals surface area contributed by atoms with Gasteiger partial charge in [-0.25, -0.2) is 8.42 Å².